The molecule has 0 aliphatic carbocycles. The lowest BCUT2D eigenvalue weighted by atomic mass is 10.0. The third-order valence-corrected chi connectivity index (χ3v) is 7.50. The van der Waals surface area contributed by atoms with Crippen molar-refractivity contribution in [2.24, 2.45) is 0 Å². The van der Waals surface area contributed by atoms with Gasteiger partial charge in [-0.15, -0.1) is 0 Å². The highest BCUT2D eigenvalue weighted by molar-refractivity contribution is 5.99. The zero-order chi connectivity index (χ0) is 31.5. The highest BCUT2D eigenvalue weighted by atomic mass is 19.1. The number of nitrogens with one attached hydrogen (secondary N) is 3. The predicted octanol–water partition coefficient (Wildman–Crippen LogP) is 2.00. The van der Waals surface area contributed by atoms with Crippen molar-refractivity contribution in [2.75, 3.05) is 26.8 Å². The van der Waals surface area contributed by atoms with E-state index in [1.165, 1.54) is 17.0 Å². The number of amides is 4. The number of halogens is 1. The molecule has 3 aromatic rings. The maximum Gasteiger partial charge on any atom is 0.255 e. The van der Waals surface area contributed by atoms with Crippen LogP contribution in [0.25, 0.3) is 0 Å². The van der Waals surface area contributed by atoms with E-state index in [-0.39, 0.29) is 43.1 Å². The smallest absolute Gasteiger partial charge is 0.255 e. The van der Waals surface area contributed by atoms with Crippen molar-refractivity contribution >= 4 is 23.6 Å². The molecule has 44 heavy (non-hydrogen) atoms. The Labute approximate surface area is 255 Å². The summed E-state index contributed by atoms with van der Waals surface area (Å²) in [5.74, 6) is -2.22. The number of nitrogens with zero attached hydrogens (tertiary/aromatic N) is 1. The minimum absolute atomic E-state index is 0.0147. The molecule has 0 radical (unpaired) electrons. The largest absolute Gasteiger partial charge is 0.491 e. The average Bonchev–Trinajstić information content (AvgIpc) is 3.04. The number of carbonyl (C=O) groups is 4. The fourth-order valence-electron chi connectivity index (χ4n) is 4.92. The molecule has 3 atom stereocenters. The quantitative estimate of drug-likeness (QED) is 0.326. The minimum Gasteiger partial charge on any atom is -0.491 e. The number of carbonyl (C=O) groups excluding carboxylic acids is 4. The average molecular weight is 605 g/mol. The number of hydrogen-bond acceptors (Lipinski definition) is 6. The molecule has 0 fully saturated rings. The topological polar surface area (TPSA) is 137 Å². The molecule has 0 bridgehead atoms. The van der Waals surface area contributed by atoms with Crippen LogP contribution >= 0.6 is 0 Å². The van der Waals surface area contributed by atoms with Crippen LogP contribution in [0.3, 0.4) is 0 Å². The molecule has 0 unspecified atom stereocenters. The van der Waals surface area contributed by atoms with Crippen LogP contribution in [0.2, 0.25) is 0 Å². The maximum atomic E-state index is 13.4. The normalized spacial score (nSPS) is 19.8. The van der Waals surface area contributed by atoms with Crippen molar-refractivity contribution in [3.05, 3.63) is 101 Å². The van der Waals surface area contributed by atoms with Crippen molar-refractivity contribution < 1.29 is 33.4 Å². The van der Waals surface area contributed by atoms with Gasteiger partial charge in [-0.3, -0.25) is 19.2 Å². The van der Waals surface area contributed by atoms with Gasteiger partial charge in [-0.1, -0.05) is 54.6 Å². The third kappa shape index (κ3) is 8.87. The maximum absolute atomic E-state index is 13.4. The zero-order valence-corrected chi connectivity index (χ0v) is 24.5. The molecule has 4 amide bonds. The number of fused-ring (bicyclic) bond motifs is 1. The molecule has 1 aliphatic rings. The number of likely N-dealkylation sites (N-methyl/N-ethyl adjacent to an activating group) is 1. The van der Waals surface area contributed by atoms with Gasteiger partial charge in [0.15, 0.2) is 0 Å². The summed E-state index contributed by atoms with van der Waals surface area (Å²) in [6.07, 6.45) is 0.586. The van der Waals surface area contributed by atoms with Crippen LogP contribution in [-0.2, 0) is 27.2 Å². The van der Waals surface area contributed by atoms with Gasteiger partial charge in [0, 0.05) is 20.0 Å². The van der Waals surface area contributed by atoms with Gasteiger partial charge < -0.3 is 30.7 Å². The summed E-state index contributed by atoms with van der Waals surface area (Å²) in [5, 5.41) is 18.1. The fraction of sp³-hybridized carbons (Fsp3) is 0.333. The molecule has 1 aliphatic heterocycles. The van der Waals surface area contributed by atoms with Gasteiger partial charge in [-0.2, -0.15) is 0 Å². The van der Waals surface area contributed by atoms with Crippen LogP contribution < -0.4 is 20.7 Å². The van der Waals surface area contributed by atoms with Crippen LogP contribution in [0.4, 0.5) is 4.39 Å². The summed E-state index contributed by atoms with van der Waals surface area (Å²) in [4.78, 5) is 54.4. The number of rotatable bonds is 7. The summed E-state index contributed by atoms with van der Waals surface area (Å²) in [5.41, 5.74) is 1.96. The Balaban J connectivity index is 1.56. The van der Waals surface area contributed by atoms with E-state index >= 15 is 0 Å². The summed E-state index contributed by atoms with van der Waals surface area (Å²) < 4.78 is 19.3. The van der Waals surface area contributed by atoms with Crippen LogP contribution in [0.5, 0.6) is 5.75 Å². The SMILES string of the molecule is CN1C(=O)[C@H](CO)NC(=O)CC[C@@H](C(=O)NCCc2ccc(F)cc2)NC(=O)c2ccccc2OC[C@H]1Cc1ccccc1. The molecule has 0 saturated carbocycles. The second kappa shape index (κ2) is 15.6. The van der Waals surface area contributed by atoms with Gasteiger partial charge in [0.05, 0.1) is 18.2 Å². The van der Waals surface area contributed by atoms with Crippen molar-refractivity contribution in [3.63, 3.8) is 0 Å². The van der Waals surface area contributed by atoms with Crippen LogP contribution in [0.1, 0.15) is 34.3 Å². The van der Waals surface area contributed by atoms with Crippen LogP contribution in [0, 0.1) is 5.82 Å². The Kier molecular flexibility index (Phi) is 11.4. The fourth-order valence-corrected chi connectivity index (χ4v) is 4.92. The Hall–Kier alpha value is -4.77. The van der Waals surface area contributed by atoms with E-state index in [0.29, 0.717) is 12.8 Å². The van der Waals surface area contributed by atoms with Gasteiger partial charge in [0.1, 0.15) is 30.3 Å². The van der Waals surface area contributed by atoms with Gasteiger partial charge in [-0.25, -0.2) is 4.39 Å². The third-order valence-electron chi connectivity index (χ3n) is 7.50. The minimum atomic E-state index is -1.21. The first kappa shape index (κ1) is 32.2. The number of aliphatic hydroxyl groups is 1. The standard InChI is InChI=1S/C33H37FN4O6/c1-38-25(19-23-7-3-2-4-8-23)21-44-29-10-6-5-9-26(29)31(41)37-27(15-16-30(40)36-28(20-39)33(38)43)32(42)35-18-17-22-11-13-24(34)14-12-22/h2-14,25,27-28,39H,15-21H2,1H3,(H,35,42)(H,36,40)(H,37,41)/t25-,27+,28+/m1/s1. The van der Waals surface area contributed by atoms with Gasteiger partial charge >= 0.3 is 0 Å². The van der Waals surface area contributed by atoms with E-state index in [0.717, 1.165) is 11.1 Å². The first-order valence-corrected chi connectivity index (χ1v) is 14.5. The highest BCUT2D eigenvalue weighted by Crippen LogP contribution is 2.20. The van der Waals surface area contributed by atoms with Crippen LogP contribution in [0.15, 0.2) is 78.9 Å². The predicted molar refractivity (Wildman–Crippen MR) is 161 cm³/mol. The molecular weight excluding hydrogens is 567 g/mol. The highest BCUT2D eigenvalue weighted by Gasteiger charge is 2.30. The summed E-state index contributed by atoms with van der Waals surface area (Å²) in [7, 11) is 1.58. The van der Waals surface area contributed by atoms with Gasteiger partial charge in [0.2, 0.25) is 17.7 Å². The second-order valence-corrected chi connectivity index (χ2v) is 10.6. The number of benzene rings is 3. The molecule has 10 nitrogen and oxygen atoms in total. The van der Waals surface area contributed by atoms with E-state index in [4.69, 9.17) is 4.74 Å². The van der Waals surface area contributed by atoms with Crippen molar-refractivity contribution in [3.8, 4) is 5.75 Å². The Morgan fingerprint density at radius 1 is 0.977 bits per heavy atom. The summed E-state index contributed by atoms with van der Waals surface area (Å²) >= 11 is 0. The lowest BCUT2D eigenvalue weighted by Crippen LogP contribution is -2.54. The molecule has 11 heteroatoms. The summed E-state index contributed by atoms with van der Waals surface area (Å²) in [6, 6.07) is 19.2. The van der Waals surface area contributed by atoms with E-state index in [2.05, 4.69) is 16.0 Å². The molecule has 0 saturated heterocycles. The van der Waals surface area contributed by atoms with E-state index in [1.54, 1.807) is 43.4 Å². The molecule has 4 rings (SSSR count). The lowest BCUT2D eigenvalue weighted by molar-refractivity contribution is -0.138. The Bertz CT molecular complexity index is 1440. The van der Waals surface area contributed by atoms with E-state index in [1.807, 2.05) is 30.3 Å². The number of hydrogen-bond donors (Lipinski definition) is 4. The van der Waals surface area contributed by atoms with E-state index < -0.39 is 48.4 Å². The molecular formula is C33H37FN4O6. The van der Waals surface area contributed by atoms with Gasteiger partial charge in [-0.05, 0) is 54.7 Å². The van der Waals surface area contributed by atoms with Crippen molar-refractivity contribution in [1.29, 1.82) is 0 Å². The zero-order valence-electron chi connectivity index (χ0n) is 24.5. The lowest BCUT2D eigenvalue weighted by Gasteiger charge is -2.31. The second-order valence-electron chi connectivity index (χ2n) is 10.6. The van der Waals surface area contributed by atoms with Gasteiger partial charge in [0.25, 0.3) is 5.91 Å². The summed E-state index contributed by atoms with van der Waals surface area (Å²) in [6.45, 7) is -0.388. The van der Waals surface area contributed by atoms with Crippen LogP contribution in [-0.4, -0.2) is 78.6 Å². The number of ether oxygens (including phenoxy) is 1. The number of para-hydroxylation sites is 1. The van der Waals surface area contributed by atoms with Crippen molar-refractivity contribution in [2.45, 2.75) is 43.8 Å². The Morgan fingerprint density at radius 3 is 2.41 bits per heavy atom. The van der Waals surface area contributed by atoms with Crippen molar-refractivity contribution in [1.82, 2.24) is 20.9 Å². The molecule has 1 heterocycles. The molecule has 4 N–H and O–H groups in total. The molecule has 0 aromatic heterocycles. The first-order chi connectivity index (χ1) is 21.2. The number of aliphatic hydroxyl groups excluding tert-OH is 1. The first-order valence-electron chi connectivity index (χ1n) is 14.5. The molecule has 232 valence electrons. The monoisotopic (exact) mass is 604 g/mol. The molecule has 0 spiro atoms. The molecule has 3 aromatic carbocycles. The van der Waals surface area contributed by atoms with E-state index in [9.17, 15) is 28.7 Å². The Morgan fingerprint density at radius 2 is 1.68 bits per heavy atom.